The summed E-state index contributed by atoms with van der Waals surface area (Å²) in [4.78, 5) is 12.1. The number of thioether (sulfide) groups is 1. The summed E-state index contributed by atoms with van der Waals surface area (Å²) in [6.07, 6.45) is 0. The zero-order valence-electron chi connectivity index (χ0n) is 8.10. The van der Waals surface area contributed by atoms with E-state index >= 15 is 0 Å². The predicted molar refractivity (Wildman–Crippen MR) is 59.8 cm³/mol. The van der Waals surface area contributed by atoms with Crippen molar-refractivity contribution in [1.82, 2.24) is 0 Å². The number of carbonyl (C=O) groups excluding carboxylic acids is 1. The molecule has 0 atom stereocenters. The van der Waals surface area contributed by atoms with Crippen LogP contribution in [0.15, 0.2) is 23.1 Å². The van der Waals surface area contributed by atoms with Gasteiger partial charge in [-0.3, -0.25) is 4.79 Å². The Morgan fingerprint density at radius 2 is 2.20 bits per heavy atom. The molecule has 1 aliphatic heterocycles. The number of rotatable bonds is 3. The fraction of sp³-hybridized carbons (Fsp3) is 0.300. The number of nitrogens with two attached hydrogens (primary N) is 2. The van der Waals surface area contributed by atoms with Crippen molar-refractivity contribution in [2.24, 2.45) is 5.73 Å². The highest BCUT2D eigenvalue weighted by Gasteiger charge is 2.21. The molecule has 0 unspecified atom stereocenters. The first-order valence-electron chi connectivity index (χ1n) is 4.60. The molecule has 5 heteroatoms. The fourth-order valence-corrected chi connectivity index (χ4v) is 2.43. The number of primary amides is 1. The van der Waals surface area contributed by atoms with Gasteiger partial charge in [-0.15, -0.1) is 11.8 Å². The smallest absolute Gasteiger partial charge is 0.249 e. The summed E-state index contributed by atoms with van der Waals surface area (Å²) in [5.74, 6) is -0.440. The molecule has 1 aromatic rings. The molecule has 0 radical (unpaired) electrons. The molecule has 1 heterocycles. The van der Waals surface area contributed by atoms with E-state index in [-0.39, 0.29) is 0 Å². The number of benzene rings is 1. The van der Waals surface area contributed by atoms with Gasteiger partial charge in [0.25, 0.3) is 0 Å². The third kappa shape index (κ3) is 2.24. The summed E-state index contributed by atoms with van der Waals surface area (Å²) in [5.41, 5.74) is 11.9. The summed E-state index contributed by atoms with van der Waals surface area (Å²) < 4.78 is 5.07. The standard InChI is InChI=1S/C10H12N2O2S/c11-6-1-2-9(8(3-6)10(12)13)15-7-4-14-5-7/h1-3,7H,4-5,11H2,(H2,12,13). The minimum absolute atomic E-state index is 0.423. The molecular formula is C10H12N2O2S. The molecule has 1 aliphatic rings. The minimum atomic E-state index is -0.440. The van der Waals surface area contributed by atoms with E-state index in [1.807, 2.05) is 6.07 Å². The second-order valence-corrected chi connectivity index (χ2v) is 4.74. The average Bonchev–Trinajstić information content (AvgIpc) is 2.12. The summed E-state index contributed by atoms with van der Waals surface area (Å²) in [5, 5.41) is 0.423. The molecule has 1 fully saturated rings. The summed E-state index contributed by atoms with van der Waals surface area (Å²) in [6.45, 7) is 1.46. The number of hydrogen-bond donors (Lipinski definition) is 2. The van der Waals surface area contributed by atoms with E-state index in [1.54, 1.807) is 23.9 Å². The van der Waals surface area contributed by atoms with Crippen LogP contribution in [-0.2, 0) is 4.74 Å². The first-order chi connectivity index (χ1) is 7.16. The zero-order chi connectivity index (χ0) is 10.8. The molecule has 0 bridgehead atoms. The lowest BCUT2D eigenvalue weighted by Gasteiger charge is -2.25. The van der Waals surface area contributed by atoms with Crippen molar-refractivity contribution in [3.05, 3.63) is 23.8 Å². The van der Waals surface area contributed by atoms with E-state index < -0.39 is 5.91 Å². The second kappa shape index (κ2) is 4.12. The van der Waals surface area contributed by atoms with Crippen LogP contribution in [0.25, 0.3) is 0 Å². The summed E-state index contributed by atoms with van der Waals surface area (Å²) >= 11 is 1.61. The van der Waals surface area contributed by atoms with Gasteiger partial charge in [0.1, 0.15) is 0 Å². The predicted octanol–water partition coefficient (Wildman–Crippen LogP) is 0.859. The van der Waals surface area contributed by atoms with Crippen LogP contribution in [0.4, 0.5) is 5.69 Å². The van der Waals surface area contributed by atoms with Crippen LogP contribution in [0.1, 0.15) is 10.4 Å². The van der Waals surface area contributed by atoms with E-state index in [4.69, 9.17) is 16.2 Å². The highest BCUT2D eigenvalue weighted by atomic mass is 32.2. The first kappa shape index (κ1) is 10.3. The van der Waals surface area contributed by atoms with Gasteiger partial charge >= 0.3 is 0 Å². The number of ether oxygens (including phenoxy) is 1. The van der Waals surface area contributed by atoms with Crippen molar-refractivity contribution in [3.8, 4) is 0 Å². The van der Waals surface area contributed by atoms with Gasteiger partial charge in [-0.05, 0) is 18.2 Å². The van der Waals surface area contributed by atoms with Gasteiger partial charge < -0.3 is 16.2 Å². The van der Waals surface area contributed by atoms with Crippen molar-refractivity contribution in [2.75, 3.05) is 18.9 Å². The number of nitrogen functional groups attached to an aromatic ring is 1. The topological polar surface area (TPSA) is 78.3 Å². The number of amides is 1. The maximum absolute atomic E-state index is 11.2. The largest absolute Gasteiger partial charge is 0.399 e. The van der Waals surface area contributed by atoms with Crippen molar-refractivity contribution in [1.29, 1.82) is 0 Å². The van der Waals surface area contributed by atoms with Gasteiger partial charge in [0.2, 0.25) is 5.91 Å². The Hall–Kier alpha value is -1.20. The van der Waals surface area contributed by atoms with Crippen LogP contribution in [0.3, 0.4) is 0 Å². The monoisotopic (exact) mass is 224 g/mol. The van der Waals surface area contributed by atoms with Crippen LogP contribution in [0, 0.1) is 0 Å². The molecular weight excluding hydrogens is 212 g/mol. The third-order valence-corrected chi connectivity index (χ3v) is 3.39. The van der Waals surface area contributed by atoms with Crippen LogP contribution < -0.4 is 11.5 Å². The molecule has 0 spiro atoms. The fourth-order valence-electron chi connectivity index (χ4n) is 1.30. The molecule has 1 amide bonds. The highest BCUT2D eigenvalue weighted by molar-refractivity contribution is 8.00. The zero-order valence-corrected chi connectivity index (χ0v) is 8.92. The lowest BCUT2D eigenvalue weighted by molar-refractivity contribution is 0.0455. The van der Waals surface area contributed by atoms with E-state index in [1.165, 1.54) is 0 Å². The number of carbonyl (C=O) groups is 1. The average molecular weight is 224 g/mol. The molecule has 0 aromatic heterocycles. The van der Waals surface area contributed by atoms with Crippen molar-refractivity contribution in [3.63, 3.8) is 0 Å². The van der Waals surface area contributed by atoms with Crippen LogP contribution >= 0.6 is 11.8 Å². The molecule has 4 nitrogen and oxygen atoms in total. The van der Waals surface area contributed by atoms with E-state index in [9.17, 15) is 4.79 Å². The molecule has 80 valence electrons. The SMILES string of the molecule is NC(=O)c1cc(N)ccc1SC1COC1. The lowest BCUT2D eigenvalue weighted by Crippen LogP contribution is -2.30. The Balaban J connectivity index is 2.23. The maximum atomic E-state index is 11.2. The van der Waals surface area contributed by atoms with Crippen LogP contribution in [0.5, 0.6) is 0 Å². The molecule has 2 rings (SSSR count). The number of hydrogen-bond acceptors (Lipinski definition) is 4. The molecule has 0 saturated carbocycles. The van der Waals surface area contributed by atoms with Gasteiger partial charge in [0.15, 0.2) is 0 Å². The lowest BCUT2D eigenvalue weighted by atomic mass is 10.2. The summed E-state index contributed by atoms with van der Waals surface area (Å²) in [7, 11) is 0. The molecule has 4 N–H and O–H groups in total. The Morgan fingerprint density at radius 3 is 2.73 bits per heavy atom. The Kier molecular flexibility index (Phi) is 2.83. The van der Waals surface area contributed by atoms with Gasteiger partial charge in [-0.1, -0.05) is 0 Å². The van der Waals surface area contributed by atoms with Gasteiger partial charge in [0.05, 0.1) is 24.0 Å². The Morgan fingerprint density at radius 1 is 1.47 bits per heavy atom. The molecule has 1 saturated heterocycles. The summed E-state index contributed by atoms with van der Waals surface area (Å²) in [6, 6.07) is 5.22. The molecule has 1 aromatic carbocycles. The van der Waals surface area contributed by atoms with Crippen molar-refractivity contribution < 1.29 is 9.53 Å². The minimum Gasteiger partial charge on any atom is -0.399 e. The Bertz CT molecular complexity index is 391. The van der Waals surface area contributed by atoms with Crippen molar-refractivity contribution >= 4 is 23.4 Å². The van der Waals surface area contributed by atoms with E-state index in [0.717, 1.165) is 18.1 Å². The van der Waals surface area contributed by atoms with Crippen molar-refractivity contribution in [2.45, 2.75) is 10.1 Å². The van der Waals surface area contributed by atoms with Gasteiger partial charge in [-0.25, -0.2) is 0 Å². The normalized spacial score (nSPS) is 16.0. The molecule has 15 heavy (non-hydrogen) atoms. The Labute approximate surface area is 92.0 Å². The third-order valence-electron chi connectivity index (χ3n) is 2.17. The van der Waals surface area contributed by atoms with Gasteiger partial charge in [-0.2, -0.15) is 0 Å². The van der Waals surface area contributed by atoms with E-state index in [0.29, 0.717) is 16.5 Å². The highest BCUT2D eigenvalue weighted by Crippen LogP contribution is 2.31. The van der Waals surface area contributed by atoms with E-state index in [2.05, 4.69) is 0 Å². The second-order valence-electron chi connectivity index (χ2n) is 3.40. The van der Waals surface area contributed by atoms with Crippen LogP contribution in [-0.4, -0.2) is 24.4 Å². The number of anilines is 1. The quantitative estimate of drug-likeness (QED) is 0.746. The maximum Gasteiger partial charge on any atom is 0.249 e. The van der Waals surface area contributed by atoms with Gasteiger partial charge in [0, 0.05) is 10.6 Å². The molecule has 0 aliphatic carbocycles. The van der Waals surface area contributed by atoms with Crippen LogP contribution in [0.2, 0.25) is 0 Å². The first-order valence-corrected chi connectivity index (χ1v) is 5.48.